The number of furan rings is 1. The molecule has 4 aromatic rings. The van der Waals surface area contributed by atoms with Gasteiger partial charge in [0.2, 0.25) is 17.4 Å². The molecule has 0 radical (unpaired) electrons. The Morgan fingerprint density at radius 2 is 1.68 bits per heavy atom. The van der Waals surface area contributed by atoms with Gasteiger partial charge in [-0.1, -0.05) is 12.1 Å². The first-order valence-corrected chi connectivity index (χ1v) is 8.33. The zero-order valence-corrected chi connectivity index (χ0v) is 15.1. The van der Waals surface area contributed by atoms with Gasteiger partial charge in [-0.25, -0.2) is 4.57 Å². The van der Waals surface area contributed by atoms with Crippen LogP contribution in [0.5, 0.6) is 0 Å². The van der Waals surface area contributed by atoms with Crippen LogP contribution in [-0.4, -0.2) is 4.98 Å². The van der Waals surface area contributed by atoms with Crippen LogP contribution in [0.2, 0.25) is 0 Å². The molecule has 25 heavy (non-hydrogen) atoms. The minimum atomic E-state index is -0.485. The molecule has 3 aromatic heterocycles. The van der Waals surface area contributed by atoms with Crippen molar-refractivity contribution in [2.75, 3.05) is 0 Å². The number of hydrogen-bond donors (Lipinski definition) is 0. The van der Waals surface area contributed by atoms with Crippen LogP contribution in [0, 0.1) is 33.6 Å². The Kier molecular flexibility index (Phi) is 3.39. The number of rotatable bonds is 1. The predicted molar refractivity (Wildman–Crippen MR) is 97.0 cm³/mol. The van der Waals surface area contributed by atoms with Crippen molar-refractivity contribution in [2.24, 2.45) is 7.05 Å². The summed E-state index contributed by atoms with van der Waals surface area (Å²) in [7, 11) is 2.03. The van der Waals surface area contributed by atoms with Gasteiger partial charge in [0.15, 0.2) is 11.8 Å². The third-order valence-corrected chi connectivity index (χ3v) is 4.97. The second-order valence-corrected chi connectivity index (χ2v) is 6.82. The maximum absolute atomic E-state index is 13.9. The van der Waals surface area contributed by atoms with Gasteiger partial charge in [0.25, 0.3) is 0 Å². The molecule has 0 aliphatic carbocycles. The van der Waals surface area contributed by atoms with Gasteiger partial charge < -0.3 is 4.42 Å². The monoisotopic (exact) mass is 335 g/mol. The summed E-state index contributed by atoms with van der Waals surface area (Å²) in [5, 5.41) is 1.81. The van der Waals surface area contributed by atoms with Gasteiger partial charge in [0, 0.05) is 28.0 Å². The van der Waals surface area contributed by atoms with Gasteiger partial charge in [-0.15, -0.1) is 0 Å². The molecular weight excluding hydrogens is 315 g/mol. The Balaban J connectivity index is 2.14. The lowest BCUT2D eigenvalue weighted by atomic mass is 9.99. The van der Waals surface area contributed by atoms with Gasteiger partial charge >= 0.3 is 0 Å². The quantitative estimate of drug-likeness (QED) is 0.368. The maximum atomic E-state index is 13.9. The molecule has 0 aliphatic rings. The lowest BCUT2D eigenvalue weighted by molar-refractivity contribution is -0.660. The van der Waals surface area contributed by atoms with E-state index in [2.05, 4.69) is 48.7 Å². The number of aryl methyl sites for hydroxylation is 5. The van der Waals surface area contributed by atoms with Crippen LogP contribution in [0.15, 0.2) is 34.9 Å². The fourth-order valence-electron chi connectivity index (χ4n) is 3.39. The summed E-state index contributed by atoms with van der Waals surface area (Å²) in [4.78, 5) is 3.99. The summed E-state index contributed by atoms with van der Waals surface area (Å²) in [6.07, 6.45) is 2.12. The van der Waals surface area contributed by atoms with Gasteiger partial charge in [0.1, 0.15) is 7.05 Å². The zero-order chi connectivity index (χ0) is 17.9. The molecule has 0 unspecified atom stereocenters. The Labute approximate surface area is 145 Å². The third-order valence-electron chi connectivity index (χ3n) is 4.97. The highest BCUT2D eigenvalue weighted by molar-refractivity contribution is 6.08. The van der Waals surface area contributed by atoms with Crippen LogP contribution >= 0.6 is 0 Å². The zero-order valence-electron chi connectivity index (χ0n) is 15.1. The number of pyridine rings is 2. The fourth-order valence-corrected chi connectivity index (χ4v) is 3.39. The summed E-state index contributed by atoms with van der Waals surface area (Å²) in [5.41, 5.74) is 7.29. The normalized spacial score (nSPS) is 11.6. The molecule has 126 valence electrons. The highest BCUT2D eigenvalue weighted by Crippen LogP contribution is 2.37. The van der Waals surface area contributed by atoms with Crippen molar-refractivity contribution in [3.8, 4) is 11.3 Å². The first-order chi connectivity index (χ1) is 11.9. The first kappa shape index (κ1) is 15.8. The van der Waals surface area contributed by atoms with E-state index >= 15 is 0 Å². The lowest BCUT2D eigenvalue weighted by Gasteiger charge is -2.07. The molecule has 3 nitrogen and oxygen atoms in total. The van der Waals surface area contributed by atoms with Gasteiger partial charge in [-0.3, -0.25) is 0 Å². The van der Waals surface area contributed by atoms with E-state index in [1.807, 2.05) is 19.2 Å². The fraction of sp³-hybridized carbons (Fsp3) is 0.238. The molecule has 0 bridgehead atoms. The molecule has 0 saturated carbocycles. The van der Waals surface area contributed by atoms with E-state index in [4.69, 9.17) is 4.42 Å². The van der Waals surface area contributed by atoms with Gasteiger partial charge in [-0.05, 0) is 44.9 Å². The number of benzene rings is 1. The molecule has 4 heteroatoms. The summed E-state index contributed by atoms with van der Waals surface area (Å²) >= 11 is 0. The Hall–Kier alpha value is -2.75. The highest BCUT2D eigenvalue weighted by atomic mass is 19.1. The Morgan fingerprint density at radius 1 is 0.920 bits per heavy atom. The third kappa shape index (κ3) is 2.32. The van der Waals surface area contributed by atoms with Crippen LogP contribution in [0.3, 0.4) is 0 Å². The van der Waals surface area contributed by atoms with E-state index in [0.29, 0.717) is 11.3 Å². The van der Waals surface area contributed by atoms with Crippen LogP contribution in [0.25, 0.3) is 33.3 Å². The van der Waals surface area contributed by atoms with Crippen molar-refractivity contribution < 1.29 is 13.4 Å². The van der Waals surface area contributed by atoms with Crippen LogP contribution < -0.4 is 4.57 Å². The Bertz CT molecular complexity index is 1160. The van der Waals surface area contributed by atoms with Crippen LogP contribution in [-0.2, 0) is 7.05 Å². The van der Waals surface area contributed by atoms with E-state index in [0.717, 1.165) is 33.2 Å². The summed E-state index contributed by atoms with van der Waals surface area (Å²) in [6, 6.07) is 8.09. The molecular formula is C21H20FN2O+. The van der Waals surface area contributed by atoms with Crippen molar-refractivity contribution in [3.05, 3.63) is 58.7 Å². The van der Waals surface area contributed by atoms with E-state index < -0.39 is 5.95 Å². The standard InChI is InChI=1S/C21H20FN2O/c1-11-6-7-15-16-8-13(3)20(22)23-21(16)25-19(15)18(11)17-9-12(2)14(4)10-24(17)5/h6-10H,1-5H3/q+1. The van der Waals surface area contributed by atoms with Gasteiger partial charge in [0.05, 0.1) is 5.56 Å². The van der Waals surface area contributed by atoms with E-state index in [1.165, 1.54) is 11.1 Å². The van der Waals surface area contributed by atoms with Crippen LogP contribution in [0.1, 0.15) is 22.3 Å². The molecule has 0 fully saturated rings. The van der Waals surface area contributed by atoms with Crippen molar-refractivity contribution in [3.63, 3.8) is 0 Å². The molecule has 1 aromatic carbocycles. The number of halogens is 1. The molecule has 0 spiro atoms. The number of hydrogen-bond acceptors (Lipinski definition) is 2. The van der Waals surface area contributed by atoms with Crippen molar-refractivity contribution in [1.82, 2.24) is 4.98 Å². The first-order valence-electron chi connectivity index (χ1n) is 8.33. The topological polar surface area (TPSA) is 29.9 Å². The smallest absolute Gasteiger partial charge is 0.230 e. The van der Waals surface area contributed by atoms with Crippen molar-refractivity contribution in [2.45, 2.75) is 27.7 Å². The second kappa shape index (κ2) is 5.38. The Morgan fingerprint density at radius 3 is 2.44 bits per heavy atom. The van der Waals surface area contributed by atoms with Crippen molar-refractivity contribution >= 4 is 22.1 Å². The molecule has 3 heterocycles. The molecule has 0 aliphatic heterocycles. The highest BCUT2D eigenvalue weighted by Gasteiger charge is 2.22. The predicted octanol–water partition coefficient (Wildman–Crippen LogP) is 4.85. The molecule has 0 amide bonds. The number of fused-ring (bicyclic) bond motifs is 3. The second-order valence-electron chi connectivity index (χ2n) is 6.82. The summed E-state index contributed by atoms with van der Waals surface area (Å²) < 4.78 is 22.0. The summed E-state index contributed by atoms with van der Waals surface area (Å²) in [5.74, 6) is -0.485. The van der Waals surface area contributed by atoms with Gasteiger partial charge in [-0.2, -0.15) is 9.37 Å². The molecule has 0 N–H and O–H groups in total. The minimum absolute atomic E-state index is 0.344. The average molecular weight is 335 g/mol. The number of aromatic nitrogens is 2. The largest absolute Gasteiger partial charge is 0.437 e. The average Bonchev–Trinajstić information content (AvgIpc) is 2.89. The van der Waals surface area contributed by atoms with Crippen LogP contribution in [0.4, 0.5) is 4.39 Å². The van der Waals surface area contributed by atoms with E-state index in [-0.39, 0.29) is 0 Å². The molecule has 4 rings (SSSR count). The summed E-state index contributed by atoms with van der Waals surface area (Å²) in [6.45, 7) is 7.99. The maximum Gasteiger partial charge on any atom is 0.230 e. The van der Waals surface area contributed by atoms with E-state index in [9.17, 15) is 4.39 Å². The molecule has 0 saturated heterocycles. The number of nitrogens with zero attached hydrogens (tertiary/aromatic N) is 2. The van der Waals surface area contributed by atoms with Crippen molar-refractivity contribution in [1.29, 1.82) is 0 Å². The molecule has 0 atom stereocenters. The van der Waals surface area contributed by atoms with E-state index in [1.54, 1.807) is 6.92 Å². The minimum Gasteiger partial charge on any atom is -0.437 e. The lowest BCUT2D eigenvalue weighted by Crippen LogP contribution is -2.31. The SMILES string of the molecule is Cc1cc(-c2c(C)ccc3c2oc2nc(F)c(C)cc23)[n+](C)cc1C.